The molecule has 0 saturated carbocycles. The number of amides is 1. The number of carbonyl (C=O) groups excluding carboxylic acids is 1. The van der Waals surface area contributed by atoms with Gasteiger partial charge in [-0.05, 0) is 48.5 Å². The lowest BCUT2D eigenvalue weighted by Gasteiger charge is -2.36. The van der Waals surface area contributed by atoms with Crippen LogP contribution in [0.15, 0.2) is 79.1 Å². The Labute approximate surface area is 219 Å². The summed E-state index contributed by atoms with van der Waals surface area (Å²) in [6.45, 7) is 0.306. The van der Waals surface area contributed by atoms with Crippen molar-refractivity contribution in [3.8, 4) is 16.9 Å². The van der Waals surface area contributed by atoms with Gasteiger partial charge in [-0.15, -0.1) is 0 Å². The van der Waals surface area contributed by atoms with E-state index >= 15 is 0 Å². The summed E-state index contributed by atoms with van der Waals surface area (Å²) in [5, 5.41) is 4.53. The molecule has 39 heavy (non-hydrogen) atoms. The smallest absolute Gasteiger partial charge is 0.368 e. The molecule has 0 radical (unpaired) electrons. The van der Waals surface area contributed by atoms with E-state index in [1.165, 1.54) is 9.80 Å². The van der Waals surface area contributed by atoms with Gasteiger partial charge in [-0.25, -0.2) is 4.68 Å². The van der Waals surface area contributed by atoms with Gasteiger partial charge in [0.15, 0.2) is 5.69 Å². The van der Waals surface area contributed by atoms with Crippen LogP contribution < -0.4 is 4.90 Å². The normalized spacial score (nSPS) is 14.5. The zero-order chi connectivity index (χ0) is 27.8. The Bertz CT molecular complexity index is 1370. The van der Waals surface area contributed by atoms with Gasteiger partial charge in [0.2, 0.25) is 0 Å². The maximum absolute atomic E-state index is 13.4. The molecule has 2 aromatic carbocycles. The fourth-order valence-electron chi connectivity index (χ4n) is 4.43. The molecule has 1 fully saturated rings. The molecule has 0 N–H and O–H groups in total. The number of para-hydroxylation sites is 1. The van der Waals surface area contributed by atoms with Crippen LogP contribution in [0.1, 0.15) is 21.6 Å². The Hall–Kier alpha value is -4.35. The monoisotopic (exact) mass is 545 g/mol. The zero-order valence-corrected chi connectivity index (χ0v) is 20.2. The molecule has 0 unspecified atom stereocenters. The number of pyridine rings is 1. The van der Waals surface area contributed by atoms with Gasteiger partial charge in [0.05, 0.1) is 22.5 Å². The molecule has 5 rings (SSSR count). The van der Waals surface area contributed by atoms with E-state index in [0.717, 1.165) is 11.3 Å². The van der Waals surface area contributed by atoms with E-state index in [1.807, 2.05) is 30.3 Å². The molecule has 1 amide bonds. The molecular weight excluding hydrogens is 524 g/mol. The van der Waals surface area contributed by atoms with Crippen molar-refractivity contribution < 1.29 is 31.1 Å². The summed E-state index contributed by atoms with van der Waals surface area (Å²) in [6, 6.07) is 16.0. The van der Waals surface area contributed by atoms with Crippen molar-refractivity contribution in [3.05, 3.63) is 95.9 Å². The number of rotatable bonds is 4. The zero-order valence-electron chi connectivity index (χ0n) is 20.2. The van der Waals surface area contributed by atoms with Crippen LogP contribution in [-0.2, 0) is 12.4 Å². The molecular formula is C27H21F6N5O. The van der Waals surface area contributed by atoms with Crippen LogP contribution in [0.2, 0.25) is 0 Å². The second-order valence-electron chi connectivity index (χ2n) is 8.94. The van der Waals surface area contributed by atoms with Crippen molar-refractivity contribution in [2.24, 2.45) is 0 Å². The minimum atomic E-state index is -4.93. The molecule has 0 atom stereocenters. The van der Waals surface area contributed by atoms with E-state index < -0.39 is 23.5 Å². The highest BCUT2D eigenvalue weighted by Crippen LogP contribution is 2.38. The van der Waals surface area contributed by atoms with E-state index in [-0.39, 0.29) is 49.5 Å². The van der Waals surface area contributed by atoms with Gasteiger partial charge in [0, 0.05) is 49.8 Å². The maximum atomic E-state index is 13.4. The molecule has 3 heterocycles. The Kier molecular flexibility index (Phi) is 6.79. The van der Waals surface area contributed by atoms with Crippen molar-refractivity contribution in [1.82, 2.24) is 19.7 Å². The number of nitrogens with zero attached hydrogens (tertiary/aromatic N) is 5. The average molecular weight is 545 g/mol. The van der Waals surface area contributed by atoms with Crippen LogP contribution in [0, 0.1) is 0 Å². The minimum Gasteiger partial charge on any atom is -0.368 e. The number of piperazine rings is 1. The van der Waals surface area contributed by atoms with E-state index in [1.54, 1.807) is 35.3 Å². The molecule has 0 aliphatic carbocycles. The standard InChI is InChI=1S/C27H21F6N5O/c28-26(29,30)19-14-20(27(31,32)33)16-22(15-19)36-10-12-37(13-11-36)25(39)23-17-24(18-6-8-34-9-7-18)38(35-23)21-4-2-1-3-5-21/h1-9,14-17H,10-13H2. The first-order valence-corrected chi connectivity index (χ1v) is 11.9. The number of hydrogen-bond acceptors (Lipinski definition) is 4. The van der Waals surface area contributed by atoms with Crippen molar-refractivity contribution in [3.63, 3.8) is 0 Å². The Morgan fingerprint density at radius 2 is 1.31 bits per heavy atom. The lowest BCUT2D eigenvalue weighted by molar-refractivity contribution is -0.143. The lowest BCUT2D eigenvalue weighted by atomic mass is 10.1. The van der Waals surface area contributed by atoms with Gasteiger partial charge >= 0.3 is 12.4 Å². The lowest BCUT2D eigenvalue weighted by Crippen LogP contribution is -2.49. The van der Waals surface area contributed by atoms with Crippen molar-refractivity contribution in [2.75, 3.05) is 31.1 Å². The number of halogens is 6. The predicted molar refractivity (Wildman–Crippen MR) is 131 cm³/mol. The topological polar surface area (TPSA) is 54.3 Å². The van der Waals surface area contributed by atoms with E-state index in [9.17, 15) is 31.1 Å². The molecule has 0 bridgehead atoms. The molecule has 1 saturated heterocycles. The summed E-state index contributed by atoms with van der Waals surface area (Å²) in [4.78, 5) is 20.3. The second-order valence-corrected chi connectivity index (χ2v) is 8.94. The third-order valence-electron chi connectivity index (χ3n) is 6.41. The highest BCUT2D eigenvalue weighted by Gasteiger charge is 2.38. The number of carbonyl (C=O) groups is 1. The molecule has 2 aromatic heterocycles. The highest BCUT2D eigenvalue weighted by molar-refractivity contribution is 5.94. The summed E-state index contributed by atoms with van der Waals surface area (Å²) >= 11 is 0. The van der Waals surface area contributed by atoms with Crippen LogP contribution in [-0.4, -0.2) is 51.8 Å². The largest absolute Gasteiger partial charge is 0.416 e. The maximum Gasteiger partial charge on any atom is 0.416 e. The van der Waals surface area contributed by atoms with Gasteiger partial charge in [-0.3, -0.25) is 9.78 Å². The third kappa shape index (κ3) is 5.59. The summed E-state index contributed by atoms with van der Waals surface area (Å²) < 4.78 is 81.4. The Morgan fingerprint density at radius 3 is 1.87 bits per heavy atom. The van der Waals surface area contributed by atoms with Crippen LogP contribution >= 0.6 is 0 Å². The van der Waals surface area contributed by atoms with E-state index in [4.69, 9.17) is 0 Å². The number of aromatic nitrogens is 3. The molecule has 1 aliphatic heterocycles. The summed E-state index contributed by atoms with van der Waals surface area (Å²) in [5.74, 6) is -0.389. The molecule has 0 spiro atoms. The van der Waals surface area contributed by atoms with Crippen molar-refractivity contribution in [1.29, 1.82) is 0 Å². The van der Waals surface area contributed by atoms with Crippen molar-refractivity contribution in [2.45, 2.75) is 12.4 Å². The van der Waals surface area contributed by atoms with E-state index in [2.05, 4.69) is 10.1 Å². The summed E-state index contributed by atoms with van der Waals surface area (Å²) in [7, 11) is 0. The van der Waals surface area contributed by atoms with Crippen LogP contribution in [0.25, 0.3) is 16.9 Å². The summed E-state index contributed by atoms with van der Waals surface area (Å²) in [5.41, 5.74) is -0.598. The van der Waals surface area contributed by atoms with Gasteiger partial charge < -0.3 is 9.80 Å². The molecule has 202 valence electrons. The first-order chi connectivity index (χ1) is 18.5. The first kappa shape index (κ1) is 26.3. The predicted octanol–water partition coefficient (Wildman–Crippen LogP) is 5.93. The number of alkyl halides is 6. The quantitative estimate of drug-likeness (QED) is 0.298. The van der Waals surface area contributed by atoms with Crippen LogP contribution in [0.5, 0.6) is 0 Å². The summed E-state index contributed by atoms with van der Waals surface area (Å²) in [6.07, 6.45) is -6.62. The Morgan fingerprint density at radius 1 is 0.718 bits per heavy atom. The Balaban J connectivity index is 1.38. The van der Waals surface area contributed by atoms with Gasteiger partial charge in [-0.1, -0.05) is 18.2 Å². The SMILES string of the molecule is O=C(c1cc(-c2ccncc2)n(-c2ccccc2)n1)N1CCN(c2cc(C(F)(F)F)cc(C(F)(F)F)c2)CC1. The van der Waals surface area contributed by atoms with Gasteiger partial charge in [-0.2, -0.15) is 31.4 Å². The fraction of sp³-hybridized carbons (Fsp3) is 0.222. The van der Waals surface area contributed by atoms with Crippen LogP contribution in [0.4, 0.5) is 32.0 Å². The number of benzene rings is 2. The van der Waals surface area contributed by atoms with Gasteiger partial charge in [0.25, 0.3) is 5.91 Å². The highest BCUT2D eigenvalue weighted by atomic mass is 19.4. The van der Waals surface area contributed by atoms with Gasteiger partial charge in [0.1, 0.15) is 0 Å². The third-order valence-corrected chi connectivity index (χ3v) is 6.41. The average Bonchev–Trinajstić information content (AvgIpc) is 3.38. The number of anilines is 1. The minimum absolute atomic E-state index is 0.0565. The van der Waals surface area contributed by atoms with E-state index in [0.29, 0.717) is 17.8 Å². The molecule has 6 nitrogen and oxygen atoms in total. The first-order valence-electron chi connectivity index (χ1n) is 11.9. The number of hydrogen-bond donors (Lipinski definition) is 0. The van der Waals surface area contributed by atoms with Crippen LogP contribution in [0.3, 0.4) is 0 Å². The van der Waals surface area contributed by atoms with Crippen molar-refractivity contribution >= 4 is 11.6 Å². The second kappa shape index (κ2) is 10.1. The fourth-order valence-corrected chi connectivity index (χ4v) is 4.43. The molecule has 12 heteroatoms. The molecule has 1 aliphatic rings. The molecule has 4 aromatic rings.